The highest BCUT2D eigenvalue weighted by atomic mass is 16.5. The first kappa shape index (κ1) is 21.7. The fraction of sp³-hybridized carbons (Fsp3) is 0.583. The lowest BCUT2D eigenvalue weighted by Gasteiger charge is -2.41. The van der Waals surface area contributed by atoms with Crippen molar-refractivity contribution < 1.29 is 19.4 Å². The molecule has 1 N–H and O–H groups in total. The summed E-state index contributed by atoms with van der Waals surface area (Å²) in [6.07, 6.45) is 2.68. The summed E-state index contributed by atoms with van der Waals surface area (Å²) in [7, 11) is 0. The lowest BCUT2D eigenvalue weighted by atomic mass is 9.68. The Morgan fingerprint density at radius 1 is 1.21 bits per heavy atom. The Labute approximate surface area is 173 Å². The number of likely N-dealkylation sites (tertiary alicyclic amines) is 1. The summed E-state index contributed by atoms with van der Waals surface area (Å²) in [6.45, 7) is 10.3. The number of carbonyl (C=O) groups excluding carboxylic acids is 2. The Balaban J connectivity index is 1.82. The molecule has 158 valence electrons. The van der Waals surface area contributed by atoms with Crippen molar-refractivity contribution in [1.29, 1.82) is 0 Å². The zero-order valence-corrected chi connectivity index (χ0v) is 18.1. The zero-order valence-electron chi connectivity index (χ0n) is 18.1. The number of hydrogen-bond donors (Lipinski definition) is 1. The Morgan fingerprint density at radius 3 is 2.41 bits per heavy atom. The van der Waals surface area contributed by atoms with Crippen molar-refractivity contribution in [3.05, 3.63) is 48.0 Å². The molecular weight excluding hydrogens is 366 g/mol. The van der Waals surface area contributed by atoms with Gasteiger partial charge in [0.15, 0.2) is 6.10 Å². The van der Waals surface area contributed by atoms with Gasteiger partial charge in [0, 0.05) is 6.04 Å². The van der Waals surface area contributed by atoms with E-state index in [1.165, 1.54) is 4.90 Å². The minimum atomic E-state index is -1.11. The van der Waals surface area contributed by atoms with Crippen molar-refractivity contribution in [2.75, 3.05) is 0 Å². The number of aliphatic hydroxyl groups excluding tert-OH is 1. The fourth-order valence-electron chi connectivity index (χ4n) is 4.56. The van der Waals surface area contributed by atoms with Crippen LogP contribution >= 0.6 is 0 Å². The summed E-state index contributed by atoms with van der Waals surface area (Å²) >= 11 is 0. The quantitative estimate of drug-likeness (QED) is 0.710. The van der Waals surface area contributed by atoms with Crippen LogP contribution in [0.15, 0.2) is 42.5 Å². The SMILES string of the molecule is CC(C)/C=C/[C@@H](O)[C@H](OCc1ccccc1)C(=O)N1C(=O)[C@@]2(C)C[C@@H]1CC2(C)C. The molecule has 1 aromatic rings. The van der Waals surface area contributed by atoms with Gasteiger partial charge in [0.05, 0.1) is 12.0 Å². The van der Waals surface area contributed by atoms with Gasteiger partial charge < -0.3 is 9.84 Å². The van der Waals surface area contributed by atoms with Gasteiger partial charge in [-0.3, -0.25) is 14.5 Å². The number of nitrogens with zero attached hydrogens (tertiary/aromatic N) is 1. The molecule has 0 radical (unpaired) electrons. The molecule has 2 bridgehead atoms. The van der Waals surface area contributed by atoms with Crippen LogP contribution in [0, 0.1) is 16.7 Å². The van der Waals surface area contributed by atoms with Gasteiger partial charge in [0.1, 0.15) is 6.10 Å². The molecular formula is C24H33NO4. The number of rotatable bonds is 7. The first-order valence-electron chi connectivity index (χ1n) is 10.5. The summed E-state index contributed by atoms with van der Waals surface area (Å²) in [5.74, 6) is -0.341. The summed E-state index contributed by atoms with van der Waals surface area (Å²) in [5, 5.41) is 10.7. The average molecular weight is 400 g/mol. The molecule has 1 aliphatic heterocycles. The second-order valence-corrected chi connectivity index (χ2v) is 9.63. The van der Waals surface area contributed by atoms with E-state index in [4.69, 9.17) is 4.74 Å². The molecule has 1 saturated carbocycles. The van der Waals surface area contributed by atoms with Gasteiger partial charge in [-0.1, -0.05) is 77.1 Å². The smallest absolute Gasteiger partial charge is 0.261 e. The van der Waals surface area contributed by atoms with Crippen LogP contribution in [0.2, 0.25) is 0 Å². The highest BCUT2D eigenvalue weighted by molar-refractivity contribution is 6.03. The summed E-state index contributed by atoms with van der Waals surface area (Å²) < 4.78 is 5.89. The van der Waals surface area contributed by atoms with Crippen LogP contribution in [0.4, 0.5) is 0 Å². The maximum atomic E-state index is 13.4. The van der Waals surface area contributed by atoms with Crippen LogP contribution in [-0.2, 0) is 20.9 Å². The van der Waals surface area contributed by atoms with Gasteiger partial charge in [-0.05, 0) is 29.7 Å². The Bertz CT molecular complexity index is 785. The van der Waals surface area contributed by atoms with E-state index in [1.807, 2.05) is 57.2 Å². The van der Waals surface area contributed by atoms with Crippen LogP contribution in [0.3, 0.4) is 0 Å². The Morgan fingerprint density at radius 2 is 1.86 bits per heavy atom. The zero-order chi connectivity index (χ0) is 21.4. The number of benzene rings is 1. The molecule has 0 aromatic heterocycles. The molecule has 5 nitrogen and oxygen atoms in total. The number of ether oxygens (including phenoxy) is 1. The molecule has 1 aliphatic carbocycles. The monoisotopic (exact) mass is 399 g/mol. The number of carbonyl (C=O) groups is 2. The second-order valence-electron chi connectivity index (χ2n) is 9.63. The van der Waals surface area contributed by atoms with Crippen molar-refractivity contribution in [3.8, 4) is 0 Å². The van der Waals surface area contributed by atoms with Crippen molar-refractivity contribution in [1.82, 2.24) is 4.90 Å². The second kappa shape index (κ2) is 8.04. The summed E-state index contributed by atoms with van der Waals surface area (Å²) in [4.78, 5) is 27.9. The van der Waals surface area contributed by atoms with Crippen LogP contribution in [0.25, 0.3) is 0 Å². The van der Waals surface area contributed by atoms with Crippen molar-refractivity contribution >= 4 is 11.8 Å². The number of aliphatic hydroxyl groups is 1. The third kappa shape index (κ3) is 4.03. The number of imide groups is 1. The van der Waals surface area contributed by atoms with Crippen molar-refractivity contribution in [2.24, 2.45) is 16.7 Å². The van der Waals surface area contributed by atoms with E-state index in [9.17, 15) is 14.7 Å². The van der Waals surface area contributed by atoms with Gasteiger partial charge in [0.25, 0.3) is 5.91 Å². The number of amides is 2. The van der Waals surface area contributed by atoms with Gasteiger partial charge in [0.2, 0.25) is 5.91 Å². The molecule has 0 unspecified atom stereocenters. The van der Waals surface area contributed by atoms with E-state index < -0.39 is 23.5 Å². The molecule has 0 spiro atoms. The van der Waals surface area contributed by atoms with Gasteiger partial charge in [-0.15, -0.1) is 0 Å². The Hall–Kier alpha value is -1.98. The minimum absolute atomic E-state index is 0.126. The van der Waals surface area contributed by atoms with Crippen molar-refractivity contribution in [3.63, 3.8) is 0 Å². The van der Waals surface area contributed by atoms with Crippen LogP contribution in [0.5, 0.6) is 0 Å². The summed E-state index contributed by atoms with van der Waals surface area (Å²) in [5.41, 5.74) is 0.227. The maximum absolute atomic E-state index is 13.4. The number of piperidine rings is 1. The first-order valence-corrected chi connectivity index (χ1v) is 10.5. The van der Waals surface area contributed by atoms with E-state index in [-0.39, 0.29) is 29.9 Å². The van der Waals surface area contributed by atoms with Crippen LogP contribution in [0.1, 0.15) is 53.0 Å². The fourth-order valence-corrected chi connectivity index (χ4v) is 4.56. The lowest BCUT2D eigenvalue weighted by molar-refractivity contribution is -0.165. The van der Waals surface area contributed by atoms with E-state index in [1.54, 1.807) is 6.08 Å². The van der Waals surface area contributed by atoms with E-state index in [0.717, 1.165) is 12.0 Å². The standard InChI is InChI=1S/C24H33NO4/c1-16(2)11-12-19(26)20(29-15-17-9-7-6-8-10-17)21(27)25-18-13-23(3,4)24(5,14-18)22(25)28/h6-12,16,18-20,26H,13-15H2,1-5H3/b12-11+/t18-,19+,20-,24+/m0/s1. The normalized spacial score (nSPS) is 27.8. The highest BCUT2D eigenvalue weighted by Crippen LogP contribution is 2.59. The topological polar surface area (TPSA) is 66.8 Å². The van der Waals surface area contributed by atoms with Gasteiger partial charge in [-0.2, -0.15) is 0 Å². The van der Waals surface area contributed by atoms with E-state index in [0.29, 0.717) is 6.42 Å². The number of fused-ring (bicyclic) bond motifs is 2. The van der Waals surface area contributed by atoms with Crippen LogP contribution < -0.4 is 0 Å². The van der Waals surface area contributed by atoms with Crippen molar-refractivity contribution in [2.45, 2.75) is 72.3 Å². The third-order valence-electron chi connectivity index (χ3n) is 6.70. The van der Waals surface area contributed by atoms with E-state index in [2.05, 4.69) is 13.8 Å². The predicted molar refractivity (Wildman–Crippen MR) is 112 cm³/mol. The molecule has 29 heavy (non-hydrogen) atoms. The molecule has 1 saturated heterocycles. The third-order valence-corrected chi connectivity index (χ3v) is 6.70. The molecule has 2 amide bonds. The molecule has 2 fully saturated rings. The molecule has 1 heterocycles. The molecule has 1 aromatic carbocycles. The molecule has 2 aliphatic rings. The Kier molecular flexibility index (Phi) is 6.02. The first-order chi connectivity index (χ1) is 13.6. The average Bonchev–Trinajstić information content (AvgIpc) is 3.05. The molecule has 3 rings (SSSR count). The lowest BCUT2D eigenvalue weighted by Crippen LogP contribution is -2.55. The maximum Gasteiger partial charge on any atom is 0.261 e. The van der Waals surface area contributed by atoms with Gasteiger partial charge in [-0.25, -0.2) is 0 Å². The van der Waals surface area contributed by atoms with E-state index >= 15 is 0 Å². The number of allylic oxidation sites excluding steroid dienone is 1. The molecule has 5 heteroatoms. The summed E-state index contributed by atoms with van der Waals surface area (Å²) in [6, 6.07) is 9.40. The van der Waals surface area contributed by atoms with Crippen LogP contribution in [-0.4, -0.2) is 40.1 Å². The minimum Gasteiger partial charge on any atom is -0.386 e. The van der Waals surface area contributed by atoms with Gasteiger partial charge >= 0.3 is 0 Å². The largest absolute Gasteiger partial charge is 0.386 e. The highest BCUT2D eigenvalue weighted by Gasteiger charge is 2.65. The number of hydrogen-bond acceptors (Lipinski definition) is 4. The molecule has 4 atom stereocenters. The predicted octanol–water partition coefficient (Wildman–Crippen LogP) is 3.71.